The van der Waals surface area contributed by atoms with E-state index < -0.39 is 4.92 Å². The highest BCUT2D eigenvalue weighted by Crippen LogP contribution is 2.28. The third kappa shape index (κ3) is 5.09. The number of hydrogen-bond acceptors (Lipinski definition) is 5. The van der Waals surface area contributed by atoms with Crippen LogP contribution >= 0.6 is 0 Å². The van der Waals surface area contributed by atoms with Crippen LogP contribution in [0.15, 0.2) is 48.7 Å². The highest BCUT2D eigenvalue weighted by atomic mass is 16.6. The van der Waals surface area contributed by atoms with Gasteiger partial charge in [-0.05, 0) is 57.0 Å². The highest BCUT2D eigenvalue weighted by molar-refractivity contribution is 5.94. The van der Waals surface area contributed by atoms with Crippen LogP contribution in [-0.4, -0.2) is 20.6 Å². The molecule has 0 radical (unpaired) electrons. The number of benzene rings is 2. The molecule has 2 aromatic carbocycles. The Morgan fingerprint density at radius 1 is 1.26 bits per heavy atom. The summed E-state index contributed by atoms with van der Waals surface area (Å²) < 4.78 is 7.56. The topological polar surface area (TPSA) is 99.3 Å². The summed E-state index contributed by atoms with van der Waals surface area (Å²) in [5.74, 6) is -0.0122. The first-order chi connectivity index (χ1) is 14.8. The molecule has 3 rings (SSSR count). The van der Waals surface area contributed by atoms with Gasteiger partial charge in [0.1, 0.15) is 6.61 Å². The van der Waals surface area contributed by atoms with Crippen molar-refractivity contribution in [3.63, 3.8) is 0 Å². The molecular weight excluding hydrogens is 396 g/mol. The van der Waals surface area contributed by atoms with E-state index in [4.69, 9.17) is 4.74 Å². The lowest BCUT2D eigenvalue weighted by Gasteiger charge is -2.15. The number of rotatable bonds is 8. The average Bonchev–Trinajstić information content (AvgIpc) is 3.13. The molecule has 1 unspecified atom stereocenters. The molecule has 0 saturated carbocycles. The van der Waals surface area contributed by atoms with Crippen molar-refractivity contribution >= 4 is 11.6 Å². The van der Waals surface area contributed by atoms with E-state index in [1.807, 2.05) is 31.5 Å². The summed E-state index contributed by atoms with van der Waals surface area (Å²) in [7, 11) is 0. The average molecular weight is 422 g/mol. The molecule has 1 heterocycles. The van der Waals surface area contributed by atoms with Gasteiger partial charge in [0.15, 0.2) is 5.75 Å². The zero-order chi connectivity index (χ0) is 22.5. The lowest BCUT2D eigenvalue weighted by molar-refractivity contribution is -0.386. The molecular formula is C23H26N4O4. The van der Waals surface area contributed by atoms with Crippen molar-refractivity contribution in [3.05, 3.63) is 86.7 Å². The fraction of sp³-hybridized carbons (Fsp3) is 0.304. The van der Waals surface area contributed by atoms with Gasteiger partial charge in [-0.15, -0.1) is 0 Å². The highest BCUT2D eigenvalue weighted by Gasteiger charge is 2.17. The predicted octanol–water partition coefficient (Wildman–Crippen LogP) is 4.50. The minimum atomic E-state index is -0.462. The third-order valence-corrected chi connectivity index (χ3v) is 5.15. The second-order valence-electron chi connectivity index (χ2n) is 7.41. The van der Waals surface area contributed by atoms with Gasteiger partial charge < -0.3 is 10.1 Å². The maximum absolute atomic E-state index is 12.8. The fourth-order valence-corrected chi connectivity index (χ4v) is 3.42. The SMILES string of the molecule is CCn1ncc(C(C)NC(=O)c2cccc(COc3ccc(C)cc3[N+](=O)[O-])c2)c1C. The number of amides is 1. The van der Waals surface area contributed by atoms with Crippen LogP contribution < -0.4 is 10.1 Å². The van der Waals surface area contributed by atoms with E-state index in [0.29, 0.717) is 5.56 Å². The first-order valence-corrected chi connectivity index (χ1v) is 10.1. The summed E-state index contributed by atoms with van der Waals surface area (Å²) >= 11 is 0. The molecule has 8 heteroatoms. The number of aryl methyl sites for hydroxylation is 2. The summed E-state index contributed by atoms with van der Waals surface area (Å²) in [6, 6.07) is 11.7. The van der Waals surface area contributed by atoms with E-state index in [-0.39, 0.29) is 30.0 Å². The minimum Gasteiger partial charge on any atom is -0.482 e. The number of nitro benzene ring substituents is 1. The summed E-state index contributed by atoms with van der Waals surface area (Å²) in [5.41, 5.74) is 3.94. The van der Waals surface area contributed by atoms with Gasteiger partial charge in [-0.2, -0.15) is 5.10 Å². The van der Waals surface area contributed by atoms with Crippen molar-refractivity contribution in [2.24, 2.45) is 0 Å². The maximum atomic E-state index is 12.8. The van der Waals surface area contributed by atoms with E-state index in [2.05, 4.69) is 10.4 Å². The zero-order valence-electron chi connectivity index (χ0n) is 18.1. The van der Waals surface area contributed by atoms with Crippen LogP contribution in [0.3, 0.4) is 0 Å². The van der Waals surface area contributed by atoms with Crippen LogP contribution in [0.2, 0.25) is 0 Å². The number of ether oxygens (including phenoxy) is 1. The Kier molecular flexibility index (Phi) is 6.69. The van der Waals surface area contributed by atoms with Gasteiger partial charge in [-0.1, -0.05) is 18.2 Å². The molecule has 0 saturated heterocycles. The Morgan fingerprint density at radius 2 is 2.03 bits per heavy atom. The van der Waals surface area contributed by atoms with Crippen LogP contribution in [0.4, 0.5) is 5.69 Å². The normalized spacial score (nSPS) is 11.7. The summed E-state index contributed by atoms with van der Waals surface area (Å²) in [4.78, 5) is 23.6. The van der Waals surface area contributed by atoms with Gasteiger partial charge in [0, 0.05) is 29.4 Å². The summed E-state index contributed by atoms with van der Waals surface area (Å²) in [6.07, 6.45) is 1.78. The second-order valence-corrected chi connectivity index (χ2v) is 7.41. The molecule has 162 valence electrons. The first-order valence-electron chi connectivity index (χ1n) is 10.1. The number of carbonyl (C=O) groups is 1. The molecule has 0 fully saturated rings. The molecule has 0 spiro atoms. The Hall–Kier alpha value is -3.68. The monoisotopic (exact) mass is 422 g/mol. The Labute approximate surface area is 181 Å². The molecule has 0 aliphatic rings. The molecule has 0 bridgehead atoms. The molecule has 0 aliphatic carbocycles. The van der Waals surface area contributed by atoms with Crippen LogP contribution in [-0.2, 0) is 13.2 Å². The van der Waals surface area contributed by atoms with Gasteiger partial charge in [0.25, 0.3) is 5.91 Å². The van der Waals surface area contributed by atoms with Crippen molar-refractivity contribution in [2.45, 2.75) is 46.9 Å². The van der Waals surface area contributed by atoms with Gasteiger partial charge in [0.2, 0.25) is 0 Å². The first kappa shape index (κ1) is 22.0. The van der Waals surface area contributed by atoms with Crippen molar-refractivity contribution in [1.29, 1.82) is 0 Å². The summed E-state index contributed by atoms with van der Waals surface area (Å²) in [6.45, 7) is 8.60. The lowest BCUT2D eigenvalue weighted by Crippen LogP contribution is -2.27. The van der Waals surface area contributed by atoms with Gasteiger partial charge >= 0.3 is 5.69 Å². The zero-order valence-corrected chi connectivity index (χ0v) is 18.1. The molecule has 3 aromatic rings. The van der Waals surface area contributed by atoms with E-state index in [1.54, 1.807) is 43.5 Å². The van der Waals surface area contributed by atoms with Crippen molar-refractivity contribution in [2.75, 3.05) is 0 Å². The molecule has 1 amide bonds. The van der Waals surface area contributed by atoms with Crippen LogP contribution in [0, 0.1) is 24.0 Å². The van der Waals surface area contributed by atoms with Gasteiger partial charge in [0.05, 0.1) is 17.2 Å². The number of nitrogens with zero attached hydrogens (tertiary/aromatic N) is 3. The number of hydrogen-bond donors (Lipinski definition) is 1. The fourth-order valence-electron chi connectivity index (χ4n) is 3.42. The van der Waals surface area contributed by atoms with Crippen molar-refractivity contribution < 1.29 is 14.5 Å². The largest absolute Gasteiger partial charge is 0.482 e. The predicted molar refractivity (Wildman–Crippen MR) is 117 cm³/mol. The van der Waals surface area contributed by atoms with Crippen LogP contribution in [0.1, 0.15) is 52.6 Å². The smallest absolute Gasteiger partial charge is 0.311 e. The quantitative estimate of drug-likeness (QED) is 0.426. The maximum Gasteiger partial charge on any atom is 0.311 e. The molecule has 1 aromatic heterocycles. The van der Waals surface area contributed by atoms with Crippen LogP contribution in [0.5, 0.6) is 5.75 Å². The van der Waals surface area contributed by atoms with Crippen molar-refractivity contribution in [1.82, 2.24) is 15.1 Å². The van der Waals surface area contributed by atoms with Crippen molar-refractivity contribution in [3.8, 4) is 5.75 Å². The molecule has 1 atom stereocenters. The van der Waals surface area contributed by atoms with Gasteiger partial charge in [-0.3, -0.25) is 19.6 Å². The number of nitrogens with one attached hydrogen (secondary N) is 1. The molecule has 8 nitrogen and oxygen atoms in total. The van der Waals surface area contributed by atoms with E-state index in [0.717, 1.165) is 28.9 Å². The van der Waals surface area contributed by atoms with Crippen LogP contribution in [0.25, 0.3) is 0 Å². The molecule has 0 aliphatic heterocycles. The van der Waals surface area contributed by atoms with Gasteiger partial charge in [-0.25, -0.2) is 0 Å². The minimum absolute atomic E-state index is 0.0780. The van der Waals surface area contributed by atoms with E-state index in [9.17, 15) is 14.9 Å². The number of nitro groups is 1. The summed E-state index contributed by atoms with van der Waals surface area (Å²) in [5, 5.41) is 18.6. The second kappa shape index (κ2) is 9.42. The standard InChI is InChI=1S/C23H26N4O4/c1-5-26-17(4)20(13-24-26)16(3)25-23(28)19-8-6-7-18(12-19)14-31-22-10-9-15(2)11-21(22)27(29)30/h6-13,16H,5,14H2,1-4H3,(H,25,28). The Balaban J connectivity index is 1.69. The van der Waals surface area contributed by atoms with E-state index in [1.165, 1.54) is 6.07 Å². The molecule has 31 heavy (non-hydrogen) atoms. The number of carbonyl (C=O) groups excluding carboxylic acids is 1. The molecule has 1 N–H and O–H groups in total. The Bertz CT molecular complexity index is 1110. The lowest BCUT2D eigenvalue weighted by atomic mass is 10.1. The Morgan fingerprint density at radius 3 is 2.71 bits per heavy atom. The van der Waals surface area contributed by atoms with E-state index >= 15 is 0 Å². The number of aromatic nitrogens is 2. The third-order valence-electron chi connectivity index (χ3n) is 5.15.